The highest BCUT2D eigenvalue weighted by molar-refractivity contribution is 6.37. The fourth-order valence-electron chi connectivity index (χ4n) is 1.75. The first-order valence-corrected chi connectivity index (χ1v) is 4.88. The van der Waals surface area contributed by atoms with E-state index in [0.717, 1.165) is 20.8 Å². The van der Waals surface area contributed by atoms with E-state index in [2.05, 4.69) is 0 Å². The topological polar surface area (TPSA) is 68.3 Å². The van der Waals surface area contributed by atoms with Crippen molar-refractivity contribution in [2.45, 2.75) is 40.5 Å². The third-order valence-corrected chi connectivity index (χ3v) is 2.48. The number of ketones is 4. The molecule has 0 fully saturated rings. The second-order valence-electron chi connectivity index (χ2n) is 3.59. The van der Waals surface area contributed by atoms with Crippen molar-refractivity contribution in [3.8, 4) is 0 Å². The Morgan fingerprint density at radius 2 is 1.20 bits per heavy atom. The lowest BCUT2D eigenvalue weighted by Gasteiger charge is -2.23. The van der Waals surface area contributed by atoms with Crippen LogP contribution in [0.25, 0.3) is 0 Å². The zero-order chi connectivity index (χ0) is 12.2. The van der Waals surface area contributed by atoms with E-state index in [1.54, 1.807) is 6.92 Å². The molecule has 0 amide bonds. The van der Waals surface area contributed by atoms with Crippen LogP contribution in [0, 0.1) is 5.41 Å². The van der Waals surface area contributed by atoms with E-state index in [1.165, 1.54) is 0 Å². The quantitative estimate of drug-likeness (QED) is 0.618. The molecule has 0 saturated heterocycles. The molecule has 0 spiro atoms. The number of Topliss-reactive ketones (excluding diaryl/α,β-unsaturated/α-hetero) is 4. The second kappa shape index (κ2) is 4.96. The Labute approximate surface area is 89.0 Å². The molecule has 0 aromatic rings. The average Bonchev–Trinajstić information content (AvgIpc) is 2.02. The van der Waals surface area contributed by atoms with E-state index in [9.17, 15) is 19.2 Å². The second-order valence-corrected chi connectivity index (χ2v) is 3.59. The SMILES string of the molecule is CCCC(=O)C(C(C)=O)(C(C)=O)C(C)=O. The van der Waals surface area contributed by atoms with Crippen LogP contribution >= 0.6 is 0 Å². The van der Waals surface area contributed by atoms with E-state index in [4.69, 9.17) is 0 Å². The molecule has 0 aromatic carbocycles. The van der Waals surface area contributed by atoms with Crippen molar-refractivity contribution in [3.63, 3.8) is 0 Å². The molecule has 0 bridgehead atoms. The van der Waals surface area contributed by atoms with Gasteiger partial charge in [-0.1, -0.05) is 6.92 Å². The minimum Gasteiger partial charge on any atom is -0.298 e. The Morgan fingerprint density at radius 1 is 0.867 bits per heavy atom. The lowest BCUT2D eigenvalue weighted by atomic mass is 9.72. The summed E-state index contributed by atoms with van der Waals surface area (Å²) in [5, 5.41) is 0. The van der Waals surface area contributed by atoms with Gasteiger partial charge in [-0.3, -0.25) is 19.2 Å². The molecule has 0 aliphatic rings. The summed E-state index contributed by atoms with van der Waals surface area (Å²) in [6.07, 6.45) is 0.577. The van der Waals surface area contributed by atoms with Crippen molar-refractivity contribution in [2.75, 3.05) is 0 Å². The number of carbonyl (C=O) groups is 4. The van der Waals surface area contributed by atoms with E-state index < -0.39 is 28.5 Å². The molecule has 84 valence electrons. The third kappa shape index (κ3) is 2.19. The van der Waals surface area contributed by atoms with E-state index in [-0.39, 0.29) is 6.42 Å². The molecule has 0 aliphatic carbocycles. The van der Waals surface area contributed by atoms with Gasteiger partial charge in [0.1, 0.15) is 0 Å². The maximum absolute atomic E-state index is 11.7. The Balaban J connectivity index is 5.53. The number of hydrogen-bond donors (Lipinski definition) is 0. The monoisotopic (exact) mass is 212 g/mol. The van der Waals surface area contributed by atoms with Crippen molar-refractivity contribution < 1.29 is 19.2 Å². The standard InChI is InChI=1S/C11H16O4/c1-5-6-10(15)11(7(2)12,8(3)13)9(4)14/h5-6H2,1-4H3. The van der Waals surface area contributed by atoms with Crippen LogP contribution in [0.2, 0.25) is 0 Å². The minimum absolute atomic E-state index is 0.0682. The highest BCUT2D eigenvalue weighted by Gasteiger charge is 2.51. The summed E-state index contributed by atoms with van der Waals surface area (Å²) in [7, 11) is 0. The molecular formula is C11H16O4. The molecule has 0 saturated carbocycles. The van der Waals surface area contributed by atoms with Gasteiger partial charge < -0.3 is 0 Å². The Kier molecular flexibility index (Phi) is 4.52. The van der Waals surface area contributed by atoms with Gasteiger partial charge in [-0.05, 0) is 27.2 Å². The smallest absolute Gasteiger partial charge is 0.202 e. The molecule has 0 radical (unpaired) electrons. The normalized spacial score (nSPS) is 10.9. The third-order valence-electron chi connectivity index (χ3n) is 2.48. The molecule has 15 heavy (non-hydrogen) atoms. The fraction of sp³-hybridized carbons (Fsp3) is 0.636. The first-order chi connectivity index (χ1) is 6.81. The van der Waals surface area contributed by atoms with Crippen molar-refractivity contribution in [3.05, 3.63) is 0 Å². The van der Waals surface area contributed by atoms with Gasteiger partial charge in [-0.15, -0.1) is 0 Å². The largest absolute Gasteiger partial charge is 0.298 e. The summed E-state index contributed by atoms with van der Waals surface area (Å²) < 4.78 is 0. The van der Waals surface area contributed by atoms with Gasteiger partial charge in [0.15, 0.2) is 23.1 Å². The molecule has 4 heteroatoms. The number of rotatable bonds is 6. The fourth-order valence-corrected chi connectivity index (χ4v) is 1.75. The van der Waals surface area contributed by atoms with Crippen LogP contribution < -0.4 is 0 Å². The molecule has 0 unspecified atom stereocenters. The number of hydrogen-bond acceptors (Lipinski definition) is 4. The summed E-state index contributed by atoms with van der Waals surface area (Å²) in [5.74, 6) is -2.62. The Hall–Kier alpha value is -1.32. The first kappa shape index (κ1) is 13.7. The molecule has 0 aliphatic heterocycles. The number of carbonyl (C=O) groups excluding carboxylic acids is 4. The van der Waals surface area contributed by atoms with Crippen LogP contribution in [-0.4, -0.2) is 23.1 Å². The average molecular weight is 212 g/mol. The molecule has 0 N–H and O–H groups in total. The Bertz CT molecular complexity index is 279. The predicted molar refractivity (Wildman–Crippen MR) is 54.4 cm³/mol. The van der Waals surface area contributed by atoms with Gasteiger partial charge in [-0.25, -0.2) is 0 Å². The van der Waals surface area contributed by atoms with Crippen molar-refractivity contribution in [1.82, 2.24) is 0 Å². The van der Waals surface area contributed by atoms with E-state index in [0.29, 0.717) is 6.42 Å². The van der Waals surface area contributed by atoms with Gasteiger partial charge in [0.05, 0.1) is 0 Å². The molecular weight excluding hydrogens is 196 g/mol. The van der Waals surface area contributed by atoms with Gasteiger partial charge >= 0.3 is 0 Å². The highest BCUT2D eigenvalue weighted by atomic mass is 16.2. The van der Waals surface area contributed by atoms with Crippen LogP contribution in [0.1, 0.15) is 40.5 Å². The van der Waals surface area contributed by atoms with E-state index >= 15 is 0 Å². The summed E-state index contributed by atoms with van der Waals surface area (Å²) in [6, 6.07) is 0. The minimum atomic E-state index is -2.05. The van der Waals surface area contributed by atoms with Gasteiger partial charge in [0, 0.05) is 6.42 Å². The first-order valence-electron chi connectivity index (χ1n) is 4.88. The molecule has 0 atom stereocenters. The van der Waals surface area contributed by atoms with Crippen molar-refractivity contribution >= 4 is 23.1 Å². The van der Waals surface area contributed by atoms with Gasteiger partial charge in [-0.2, -0.15) is 0 Å². The maximum Gasteiger partial charge on any atom is 0.202 e. The summed E-state index contributed by atoms with van der Waals surface area (Å²) in [4.78, 5) is 45.9. The molecule has 4 nitrogen and oxygen atoms in total. The summed E-state index contributed by atoms with van der Waals surface area (Å²) >= 11 is 0. The molecule has 0 heterocycles. The maximum atomic E-state index is 11.7. The van der Waals surface area contributed by atoms with Crippen LogP contribution in [0.3, 0.4) is 0 Å². The van der Waals surface area contributed by atoms with Crippen LogP contribution in [-0.2, 0) is 19.2 Å². The molecule has 0 aromatic heterocycles. The van der Waals surface area contributed by atoms with Crippen LogP contribution in [0.5, 0.6) is 0 Å². The summed E-state index contributed by atoms with van der Waals surface area (Å²) in [5.41, 5.74) is -2.05. The van der Waals surface area contributed by atoms with Crippen LogP contribution in [0.15, 0.2) is 0 Å². The van der Waals surface area contributed by atoms with Gasteiger partial charge in [0.25, 0.3) is 0 Å². The van der Waals surface area contributed by atoms with Gasteiger partial charge in [0.2, 0.25) is 5.41 Å². The van der Waals surface area contributed by atoms with Crippen molar-refractivity contribution in [1.29, 1.82) is 0 Å². The van der Waals surface area contributed by atoms with Crippen molar-refractivity contribution in [2.24, 2.45) is 5.41 Å². The predicted octanol–water partition coefficient (Wildman–Crippen LogP) is 1.11. The zero-order valence-electron chi connectivity index (χ0n) is 9.55. The summed E-state index contributed by atoms with van der Waals surface area (Å²) in [6.45, 7) is 5.08. The lowest BCUT2D eigenvalue weighted by molar-refractivity contribution is -0.152. The molecule has 0 rings (SSSR count). The highest BCUT2D eigenvalue weighted by Crippen LogP contribution is 2.25. The van der Waals surface area contributed by atoms with E-state index in [1.807, 2.05) is 0 Å². The zero-order valence-corrected chi connectivity index (χ0v) is 9.55. The Morgan fingerprint density at radius 3 is 1.40 bits per heavy atom. The lowest BCUT2D eigenvalue weighted by Crippen LogP contribution is -2.49. The van der Waals surface area contributed by atoms with Crippen LogP contribution in [0.4, 0.5) is 0 Å².